The number of rotatable bonds is 3. The molecule has 1 amide bonds. The van der Waals surface area contributed by atoms with Gasteiger partial charge in [0.1, 0.15) is 6.54 Å². The van der Waals surface area contributed by atoms with Crippen molar-refractivity contribution in [2.24, 2.45) is 0 Å². The van der Waals surface area contributed by atoms with Gasteiger partial charge in [-0.1, -0.05) is 29.8 Å². The largest absolute Gasteiger partial charge is 0.436 e. The molecule has 1 heterocycles. The number of amides is 1. The van der Waals surface area contributed by atoms with Crippen molar-refractivity contribution in [2.75, 3.05) is 5.32 Å². The van der Waals surface area contributed by atoms with Gasteiger partial charge in [0.15, 0.2) is 5.69 Å². The van der Waals surface area contributed by atoms with Crippen molar-refractivity contribution < 1.29 is 18.0 Å². The van der Waals surface area contributed by atoms with Crippen LogP contribution in [-0.2, 0) is 17.5 Å². The van der Waals surface area contributed by atoms with Crippen LogP contribution >= 0.6 is 11.6 Å². The van der Waals surface area contributed by atoms with Crippen LogP contribution in [0, 0.1) is 6.92 Å². The van der Waals surface area contributed by atoms with E-state index >= 15 is 0 Å². The number of nitrogens with one attached hydrogen (secondary N) is 1. The van der Waals surface area contributed by atoms with Crippen LogP contribution in [0.2, 0.25) is 5.02 Å². The average Bonchev–Trinajstić information content (AvgIpc) is 2.68. The summed E-state index contributed by atoms with van der Waals surface area (Å²) in [7, 11) is 0. The average molecular weight is 318 g/mol. The summed E-state index contributed by atoms with van der Waals surface area (Å²) >= 11 is 5.61. The van der Waals surface area contributed by atoms with Crippen LogP contribution in [0.25, 0.3) is 0 Å². The van der Waals surface area contributed by atoms with Crippen LogP contribution in [0.15, 0.2) is 30.3 Å². The molecule has 112 valence electrons. The summed E-state index contributed by atoms with van der Waals surface area (Å²) in [5, 5.41) is 5.43. The maximum atomic E-state index is 12.7. The summed E-state index contributed by atoms with van der Waals surface area (Å²) in [5.41, 5.74) is -0.546. The Kier molecular flexibility index (Phi) is 4.22. The fourth-order valence-electron chi connectivity index (χ4n) is 1.72. The highest BCUT2D eigenvalue weighted by molar-refractivity contribution is 6.32. The first-order valence-electron chi connectivity index (χ1n) is 5.94. The molecule has 0 saturated carbocycles. The lowest BCUT2D eigenvalue weighted by Gasteiger charge is -2.06. The zero-order chi connectivity index (χ0) is 15.6. The number of para-hydroxylation sites is 1. The lowest BCUT2D eigenvalue weighted by molar-refractivity contribution is -0.141. The number of nitrogens with zero attached hydrogens (tertiary/aromatic N) is 2. The molecule has 4 nitrogen and oxygen atoms in total. The predicted octanol–water partition coefficient (Wildman–Crippen LogP) is 3.50. The minimum atomic E-state index is -4.65. The standard InChI is InChI=1S/C13H11ClF3N3O/c1-8-11(14)12(13(15,16)17)19-20(8)7-10(21)18-9-5-3-2-4-6-9/h2-6H,7H2,1H3,(H,18,21). The first-order valence-corrected chi connectivity index (χ1v) is 6.32. The Balaban J connectivity index is 2.15. The first-order chi connectivity index (χ1) is 9.79. The molecule has 0 radical (unpaired) electrons. The summed E-state index contributed by atoms with van der Waals surface area (Å²) in [4.78, 5) is 11.8. The second-order valence-electron chi connectivity index (χ2n) is 4.32. The highest BCUT2D eigenvalue weighted by Crippen LogP contribution is 2.35. The molecule has 0 bridgehead atoms. The Morgan fingerprint density at radius 1 is 1.33 bits per heavy atom. The Bertz CT molecular complexity index is 653. The van der Waals surface area contributed by atoms with Gasteiger partial charge in [-0.15, -0.1) is 0 Å². The summed E-state index contributed by atoms with van der Waals surface area (Å²) < 4.78 is 38.9. The molecule has 0 spiro atoms. The molecule has 0 aliphatic heterocycles. The van der Waals surface area contributed by atoms with Gasteiger partial charge in [-0.2, -0.15) is 18.3 Å². The molecule has 0 atom stereocenters. The van der Waals surface area contributed by atoms with Crippen LogP contribution < -0.4 is 5.32 Å². The number of alkyl halides is 3. The number of carbonyl (C=O) groups excluding carboxylic acids is 1. The molecule has 2 rings (SSSR count). The Morgan fingerprint density at radius 2 is 1.95 bits per heavy atom. The molecule has 0 aliphatic carbocycles. The highest BCUT2D eigenvalue weighted by atomic mass is 35.5. The van der Waals surface area contributed by atoms with Crippen molar-refractivity contribution in [1.29, 1.82) is 0 Å². The van der Waals surface area contributed by atoms with Gasteiger partial charge in [0.25, 0.3) is 0 Å². The quantitative estimate of drug-likeness (QED) is 0.941. The molecule has 1 N–H and O–H groups in total. The second kappa shape index (κ2) is 5.77. The van der Waals surface area contributed by atoms with Crippen molar-refractivity contribution in [3.05, 3.63) is 46.7 Å². The van der Waals surface area contributed by atoms with Gasteiger partial charge in [-0.3, -0.25) is 9.48 Å². The van der Waals surface area contributed by atoms with Gasteiger partial charge >= 0.3 is 6.18 Å². The van der Waals surface area contributed by atoms with E-state index in [0.29, 0.717) is 5.69 Å². The van der Waals surface area contributed by atoms with E-state index in [0.717, 1.165) is 4.68 Å². The normalized spacial score (nSPS) is 11.5. The molecule has 21 heavy (non-hydrogen) atoms. The third-order valence-electron chi connectivity index (χ3n) is 2.75. The van der Waals surface area contributed by atoms with E-state index in [1.54, 1.807) is 30.3 Å². The van der Waals surface area contributed by atoms with E-state index < -0.39 is 22.8 Å². The van der Waals surface area contributed by atoms with Crippen LogP contribution in [-0.4, -0.2) is 15.7 Å². The van der Waals surface area contributed by atoms with Crippen molar-refractivity contribution in [1.82, 2.24) is 9.78 Å². The van der Waals surface area contributed by atoms with Crippen molar-refractivity contribution in [3.8, 4) is 0 Å². The molecule has 1 aromatic heterocycles. The van der Waals surface area contributed by atoms with Gasteiger partial charge in [-0.05, 0) is 19.1 Å². The smallest absolute Gasteiger partial charge is 0.324 e. The monoisotopic (exact) mass is 317 g/mol. The van der Waals surface area contributed by atoms with Crippen LogP contribution in [0.1, 0.15) is 11.4 Å². The van der Waals surface area contributed by atoms with E-state index in [-0.39, 0.29) is 12.2 Å². The fraction of sp³-hybridized carbons (Fsp3) is 0.231. The van der Waals surface area contributed by atoms with Gasteiger partial charge < -0.3 is 5.32 Å². The number of benzene rings is 1. The first kappa shape index (κ1) is 15.4. The van der Waals surface area contributed by atoms with E-state index in [1.807, 2.05) is 0 Å². The summed E-state index contributed by atoms with van der Waals surface area (Å²) in [6, 6.07) is 8.58. The summed E-state index contributed by atoms with van der Waals surface area (Å²) in [6.07, 6.45) is -4.65. The number of hydrogen-bond acceptors (Lipinski definition) is 2. The Hall–Kier alpha value is -2.02. The summed E-state index contributed by atoms with van der Waals surface area (Å²) in [6.45, 7) is 1.02. The molecule has 0 fully saturated rings. The van der Waals surface area contributed by atoms with Gasteiger partial charge in [0.05, 0.1) is 10.7 Å². The SMILES string of the molecule is Cc1c(Cl)c(C(F)(F)F)nn1CC(=O)Nc1ccccc1. The third kappa shape index (κ3) is 3.55. The summed E-state index contributed by atoms with van der Waals surface area (Å²) in [5.74, 6) is -0.489. The van der Waals surface area contributed by atoms with Crippen molar-refractivity contribution in [2.45, 2.75) is 19.6 Å². The maximum Gasteiger partial charge on any atom is 0.436 e. The van der Waals surface area contributed by atoms with Crippen LogP contribution in [0.5, 0.6) is 0 Å². The van der Waals surface area contributed by atoms with Crippen molar-refractivity contribution >= 4 is 23.2 Å². The number of aromatic nitrogens is 2. The van der Waals surface area contributed by atoms with E-state index in [4.69, 9.17) is 11.6 Å². The zero-order valence-electron chi connectivity index (χ0n) is 10.9. The predicted molar refractivity (Wildman–Crippen MR) is 72.0 cm³/mol. The fourth-order valence-corrected chi connectivity index (χ4v) is 1.96. The Morgan fingerprint density at radius 3 is 2.48 bits per heavy atom. The lowest BCUT2D eigenvalue weighted by Crippen LogP contribution is -2.20. The number of halogens is 4. The number of anilines is 1. The van der Waals surface area contributed by atoms with Gasteiger partial charge in [0.2, 0.25) is 5.91 Å². The molecule has 0 saturated heterocycles. The molecular weight excluding hydrogens is 307 g/mol. The van der Waals surface area contributed by atoms with E-state index in [1.165, 1.54) is 6.92 Å². The second-order valence-corrected chi connectivity index (χ2v) is 4.70. The minimum Gasteiger partial charge on any atom is -0.324 e. The van der Waals surface area contributed by atoms with Crippen LogP contribution in [0.3, 0.4) is 0 Å². The van der Waals surface area contributed by atoms with Crippen molar-refractivity contribution in [3.63, 3.8) is 0 Å². The molecule has 8 heteroatoms. The van der Waals surface area contributed by atoms with E-state index in [2.05, 4.69) is 10.4 Å². The number of carbonyl (C=O) groups is 1. The topological polar surface area (TPSA) is 46.9 Å². The maximum absolute atomic E-state index is 12.7. The van der Waals surface area contributed by atoms with Crippen LogP contribution in [0.4, 0.5) is 18.9 Å². The molecule has 0 aliphatic rings. The molecular formula is C13H11ClF3N3O. The Labute approximate surface area is 123 Å². The lowest BCUT2D eigenvalue weighted by atomic mass is 10.3. The van der Waals surface area contributed by atoms with Gasteiger partial charge in [-0.25, -0.2) is 0 Å². The van der Waals surface area contributed by atoms with Gasteiger partial charge in [0, 0.05) is 5.69 Å². The number of hydrogen-bond donors (Lipinski definition) is 1. The third-order valence-corrected chi connectivity index (χ3v) is 3.21. The van der Waals surface area contributed by atoms with E-state index in [9.17, 15) is 18.0 Å². The minimum absolute atomic E-state index is 0.0900. The molecule has 2 aromatic rings. The highest BCUT2D eigenvalue weighted by Gasteiger charge is 2.38. The molecule has 1 aromatic carbocycles. The zero-order valence-corrected chi connectivity index (χ0v) is 11.7. The molecule has 0 unspecified atom stereocenters.